The fourth-order valence-corrected chi connectivity index (χ4v) is 2.27. The Morgan fingerprint density at radius 1 is 1.05 bits per heavy atom. The Morgan fingerprint density at radius 3 is 2.70 bits per heavy atom. The third kappa shape index (κ3) is 2.55. The van der Waals surface area contributed by atoms with Gasteiger partial charge in [0.2, 0.25) is 0 Å². The van der Waals surface area contributed by atoms with Gasteiger partial charge in [0.25, 0.3) is 0 Å². The summed E-state index contributed by atoms with van der Waals surface area (Å²) >= 11 is 0. The molecule has 102 valence electrons. The molecule has 0 aliphatic rings. The SMILES string of the molecule is CCCCOc1ccc2occ(-c3ccccc3)c2c1. The van der Waals surface area contributed by atoms with E-state index >= 15 is 0 Å². The average molecular weight is 266 g/mol. The monoisotopic (exact) mass is 266 g/mol. The number of furan rings is 1. The minimum Gasteiger partial charge on any atom is -0.494 e. The fraction of sp³-hybridized carbons (Fsp3) is 0.222. The maximum absolute atomic E-state index is 5.77. The van der Waals surface area contributed by atoms with Crippen LogP contribution in [-0.4, -0.2) is 6.61 Å². The van der Waals surface area contributed by atoms with Gasteiger partial charge in [-0.3, -0.25) is 0 Å². The first-order valence-corrected chi connectivity index (χ1v) is 7.08. The van der Waals surface area contributed by atoms with Gasteiger partial charge in [0.05, 0.1) is 12.9 Å². The van der Waals surface area contributed by atoms with Crippen LogP contribution >= 0.6 is 0 Å². The summed E-state index contributed by atoms with van der Waals surface area (Å²) in [5, 5.41) is 1.10. The number of benzene rings is 2. The van der Waals surface area contributed by atoms with E-state index in [0.717, 1.165) is 47.3 Å². The van der Waals surface area contributed by atoms with Crippen molar-refractivity contribution < 1.29 is 9.15 Å². The Balaban J connectivity index is 1.96. The van der Waals surface area contributed by atoms with Crippen LogP contribution in [0.2, 0.25) is 0 Å². The van der Waals surface area contributed by atoms with Crippen molar-refractivity contribution in [2.24, 2.45) is 0 Å². The molecule has 0 aliphatic heterocycles. The molecular weight excluding hydrogens is 248 g/mol. The zero-order valence-electron chi connectivity index (χ0n) is 11.6. The molecule has 0 spiro atoms. The summed E-state index contributed by atoms with van der Waals surface area (Å²) in [7, 11) is 0. The molecule has 0 saturated carbocycles. The molecule has 2 heteroatoms. The predicted molar refractivity (Wildman–Crippen MR) is 82.1 cm³/mol. The van der Waals surface area contributed by atoms with E-state index in [2.05, 4.69) is 25.1 Å². The maximum Gasteiger partial charge on any atom is 0.134 e. The zero-order chi connectivity index (χ0) is 13.8. The summed E-state index contributed by atoms with van der Waals surface area (Å²) < 4.78 is 11.4. The van der Waals surface area contributed by atoms with Crippen LogP contribution in [0.5, 0.6) is 5.75 Å². The van der Waals surface area contributed by atoms with Gasteiger partial charge in [0.1, 0.15) is 11.3 Å². The molecule has 0 amide bonds. The Labute approximate surface area is 119 Å². The molecule has 0 N–H and O–H groups in total. The molecule has 0 bridgehead atoms. The summed E-state index contributed by atoms with van der Waals surface area (Å²) in [6, 6.07) is 16.3. The molecule has 1 aromatic heterocycles. The minimum atomic E-state index is 0.764. The van der Waals surface area contributed by atoms with E-state index in [1.54, 1.807) is 0 Å². The number of rotatable bonds is 5. The van der Waals surface area contributed by atoms with Gasteiger partial charge in [-0.15, -0.1) is 0 Å². The number of hydrogen-bond donors (Lipinski definition) is 0. The second-order valence-electron chi connectivity index (χ2n) is 4.88. The van der Waals surface area contributed by atoms with Crippen molar-refractivity contribution in [2.75, 3.05) is 6.61 Å². The third-order valence-electron chi connectivity index (χ3n) is 3.40. The van der Waals surface area contributed by atoms with Crippen LogP contribution in [-0.2, 0) is 0 Å². The molecule has 3 aromatic rings. The zero-order valence-corrected chi connectivity index (χ0v) is 11.6. The lowest BCUT2D eigenvalue weighted by molar-refractivity contribution is 0.310. The molecule has 0 fully saturated rings. The molecular formula is C18H18O2. The topological polar surface area (TPSA) is 22.4 Å². The van der Waals surface area contributed by atoms with Crippen LogP contribution in [0.15, 0.2) is 59.2 Å². The predicted octanol–water partition coefficient (Wildman–Crippen LogP) is 5.28. The van der Waals surface area contributed by atoms with Gasteiger partial charge in [-0.1, -0.05) is 43.7 Å². The van der Waals surface area contributed by atoms with Crippen molar-refractivity contribution in [3.8, 4) is 16.9 Å². The first-order chi connectivity index (χ1) is 9.88. The Hall–Kier alpha value is -2.22. The van der Waals surface area contributed by atoms with Crippen LogP contribution in [0.4, 0.5) is 0 Å². The number of ether oxygens (including phenoxy) is 1. The highest BCUT2D eigenvalue weighted by molar-refractivity contribution is 5.94. The molecule has 0 radical (unpaired) electrons. The molecule has 3 rings (SSSR count). The molecule has 0 aliphatic carbocycles. The van der Waals surface area contributed by atoms with E-state index in [4.69, 9.17) is 9.15 Å². The van der Waals surface area contributed by atoms with E-state index in [1.165, 1.54) is 0 Å². The third-order valence-corrected chi connectivity index (χ3v) is 3.40. The largest absolute Gasteiger partial charge is 0.494 e. The van der Waals surface area contributed by atoms with E-state index in [0.29, 0.717) is 0 Å². The van der Waals surface area contributed by atoms with E-state index < -0.39 is 0 Å². The van der Waals surface area contributed by atoms with Gasteiger partial charge < -0.3 is 9.15 Å². The van der Waals surface area contributed by atoms with Gasteiger partial charge in [0, 0.05) is 10.9 Å². The van der Waals surface area contributed by atoms with Crippen molar-refractivity contribution in [3.63, 3.8) is 0 Å². The lowest BCUT2D eigenvalue weighted by Gasteiger charge is -2.05. The molecule has 20 heavy (non-hydrogen) atoms. The highest BCUT2D eigenvalue weighted by atomic mass is 16.5. The minimum absolute atomic E-state index is 0.764. The summed E-state index contributed by atoms with van der Waals surface area (Å²) in [5.41, 5.74) is 3.17. The average Bonchev–Trinajstić information content (AvgIpc) is 2.91. The van der Waals surface area contributed by atoms with E-state index in [9.17, 15) is 0 Å². The number of fused-ring (bicyclic) bond motifs is 1. The first-order valence-electron chi connectivity index (χ1n) is 7.08. The number of unbranched alkanes of at least 4 members (excludes halogenated alkanes) is 1. The van der Waals surface area contributed by atoms with Gasteiger partial charge in [-0.25, -0.2) is 0 Å². The maximum atomic E-state index is 5.77. The van der Waals surface area contributed by atoms with Crippen LogP contribution < -0.4 is 4.74 Å². The normalized spacial score (nSPS) is 10.8. The van der Waals surface area contributed by atoms with Crippen molar-refractivity contribution in [2.45, 2.75) is 19.8 Å². The summed E-state index contributed by atoms with van der Waals surface area (Å²) in [4.78, 5) is 0. The molecule has 0 unspecified atom stereocenters. The van der Waals surface area contributed by atoms with Crippen LogP contribution in [0.1, 0.15) is 19.8 Å². The molecule has 0 atom stereocenters. The lowest BCUT2D eigenvalue weighted by atomic mass is 10.0. The Kier molecular flexibility index (Phi) is 3.73. The highest BCUT2D eigenvalue weighted by Gasteiger charge is 2.09. The lowest BCUT2D eigenvalue weighted by Crippen LogP contribution is -1.95. The molecule has 2 nitrogen and oxygen atoms in total. The molecule has 1 heterocycles. The van der Waals surface area contributed by atoms with E-state index in [1.807, 2.05) is 36.6 Å². The summed E-state index contributed by atoms with van der Waals surface area (Å²) in [5.74, 6) is 0.907. The van der Waals surface area contributed by atoms with Crippen molar-refractivity contribution in [1.29, 1.82) is 0 Å². The van der Waals surface area contributed by atoms with Crippen LogP contribution in [0.25, 0.3) is 22.1 Å². The van der Waals surface area contributed by atoms with Crippen LogP contribution in [0, 0.1) is 0 Å². The van der Waals surface area contributed by atoms with Crippen LogP contribution in [0.3, 0.4) is 0 Å². The molecule has 0 saturated heterocycles. The molecule has 2 aromatic carbocycles. The quantitative estimate of drug-likeness (QED) is 0.586. The summed E-state index contributed by atoms with van der Waals surface area (Å²) in [6.07, 6.45) is 4.04. The van der Waals surface area contributed by atoms with Crippen molar-refractivity contribution >= 4 is 11.0 Å². The van der Waals surface area contributed by atoms with Crippen molar-refractivity contribution in [3.05, 3.63) is 54.8 Å². The Bertz CT molecular complexity index is 683. The second-order valence-corrected chi connectivity index (χ2v) is 4.88. The van der Waals surface area contributed by atoms with Gasteiger partial charge in [-0.05, 0) is 30.2 Å². The smallest absolute Gasteiger partial charge is 0.134 e. The standard InChI is InChI=1S/C18H18O2/c1-2-3-11-19-15-9-10-18-16(12-15)17(13-20-18)14-7-5-4-6-8-14/h4-10,12-13H,2-3,11H2,1H3. The first kappa shape index (κ1) is 12.8. The van der Waals surface area contributed by atoms with E-state index in [-0.39, 0.29) is 0 Å². The number of hydrogen-bond acceptors (Lipinski definition) is 2. The van der Waals surface area contributed by atoms with Gasteiger partial charge in [-0.2, -0.15) is 0 Å². The van der Waals surface area contributed by atoms with Gasteiger partial charge in [0.15, 0.2) is 0 Å². The summed E-state index contributed by atoms with van der Waals surface area (Å²) in [6.45, 7) is 2.93. The van der Waals surface area contributed by atoms with Crippen molar-refractivity contribution in [1.82, 2.24) is 0 Å². The Morgan fingerprint density at radius 2 is 1.90 bits per heavy atom. The second kappa shape index (κ2) is 5.83. The van der Waals surface area contributed by atoms with Gasteiger partial charge >= 0.3 is 0 Å². The highest BCUT2D eigenvalue weighted by Crippen LogP contribution is 2.32. The fourth-order valence-electron chi connectivity index (χ4n) is 2.27.